The summed E-state index contributed by atoms with van der Waals surface area (Å²) in [6.07, 6.45) is 7.85. The summed E-state index contributed by atoms with van der Waals surface area (Å²) in [6, 6.07) is 0. The molecule has 0 fully saturated rings. The van der Waals surface area contributed by atoms with E-state index < -0.39 is 0 Å². The summed E-state index contributed by atoms with van der Waals surface area (Å²) >= 11 is 0. The first-order valence-electron chi connectivity index (χ1n) is 2.77. The predicted octanol–water partition coefficient (Wildman–Crippen LogP) is 1.61. The van der Waals surface area contributed by atoms with Gasteiger partial charge in [-0.05, 0) is 6.66 Å². The lowest BCUT2D eigenvalue weighted by Gasteiger charge is -1.90. The molecule has 0 aliphatic carbocycles. The second-order valence-corrected chi connectivity index (χ2v) is 2.88. The average molecular weight is 137 g/mol. The minimum atomic E-state index is 0.803. The molecule has 1 atom stereocenters. The maximum atomic E-state index is 5.16. The van der Waals surface area contributed by atoms with Crippen molar-refractivity contribution in [2.24, 2.45) is 4.99 Å². The summed E-state index contributed by atoms with van der Waals surface area (Å²) in [5.74, 6) is 2.58. The highest BCUT2D eigenvalue weighted by Crippen LogP contribution is 2.20. The molecule has 0 spiro atoms. The van der Waals surface area contributed by atoms with Crippen LogP contribution < -0.4 is 0 Å². The monoisotopic (exact) mass is 137 g/mol. The number of allylic oxidation sites excluding steroid dienone is 1. The van der Waals surface area contributed by atoms with E-state index in [0.29, 0.717) is 0 Å². The van der Waals surface area contributed by atoms with Crippen molar-refractivity contribution in [1.82, 2.24) is 0 Å². The first-order valence-corrected chi connectivity index (χ1v) is 4.27. The van der Waals surface area contributed by atoms with Crippen molar-refractivity contribution < 1.29 is 0 Å². The molecule has 9 heavy (non-hydrogen) atoms. The smallest absolute Gasteiger partial charge is 0.0425 e. The van der Waals surface area contributed by atoms with Crippen molar-refractivity contribution in [1.29, 1.82) is 0 Å². The van der Waals surface area contributed by atoms with E-state index in [0.717, 1.165) is 20.6 Å². The van der Waals surface area contributed by atoms with Crippen LogP contribution in [0.5, 0.6) is 0 Å². The Morgan fingerprint density at radius 3 is 3.00 bits per heavy atom. The lowest BCUT2D eigenvalue weighted by Crippen LogP contribution is -1.82. The lowest BCUT2D eigenvalue weighted by molar-refractivity contribution is 1.47. The fraction of sp³-hybridized carbons (Fsp3) is 0.286. The maximum Gasteiger partial charge on any atom is 0.0425 e. The van der Waals surface area contributed by atoms with Crippen LogP contribution in [0.4, 0.5) is 0 Å². The Bertz CT molecular complexity index is 207. The molecule has 0 aromatic heterocycles. The van der Waals surface area contributed by atoms with E-state index >= 15 is 0 Å². The van der Waals surface area contributed by atoms with E-state index in [-0.39, 0.29) is 0 Å². The summed E-state index contributed by atoms with van der Waals surface area (Å²) < 4.78 is 0. The van der Waals surface area contributed by atoms with Crippen molar-refractivity contribution in [3.8, 4) is 12.3 Å². The second-order valence-electron chi connectivity index (χ2n) is 1.80. The zero-order valence-electron chi connectivity index (χ0n) is 5.31. The van der Waals surface area contributed by atoms with Crippen LogP contribution in [-0.4, -0.2) is 12.1 Å². The summed E-state index contributed by atoms with van der Waals surface area (Å²) in [5, 5.41) is 0. The summed E-state index contributed by atoms with van der Waals surface area (Å²) in [6.45, 7) is 2.12. The van der Waals surface area contributed by atoms with Gasteiger partial charge < -0.3 is 0 Å². The van der Waals surface area contributed by atoms with Gasteiger partial charge in [-0.15, -0.1) is 6.42 Å². The van der Waals surface area contributed by atoms with Crippen LogP contribution in [0.3, 0.4) is 0 Å². The van der Waals surface area contributed by atoms with Gasteiger partial charge in [-0.25, -0.2) is 0 Å². The third-order valence-electron chi connectivity index (χ3n) is 1.21. The molecule has 46 valence electrons. The largest absolute Gasteiger partial charge is 0.260 e. The van der Waals surface area contributed by atoms with E-state index in [1.807, 2.05) is 0 Å². The fourth-order valence-corrected chi connectivity index (χ4v) is 1.23. The van der Waals surface area contributed by atoms with Crippen LogP contribution in [0, 0.1) is 12.3 Å². The molecule has 0 amide bonds. The predicted molar refractivity (Wildman–Crippen MR) is 43.2 cm³/mol. The van der Waals surface area contributed by atoms with Gasteiger partial charge in [0.1, 0.15) is 0 Å². The van der Waals surface area contributed by atoms with Gasteiger partial charge in [0.2, 0.25) is 0 Å². The minimum Gasteiger partial charge on any atom is -0.260 e. The van der Waals surface area contributed by atoms with Gasteiger partial charge in [-0.1, -0.05) is 14.5 Å². The topological polar surface area (TPSA) is 12.4 Å². The highest BCUT2D eigenvalue weighted by molar-refractivity contribution is 7.57. The highest BCUT2D eigenvalue weighted by Gasteiger charge is 2.04. The molecule has 0 bridgehead atoms. The van der Waals surface area contributed by atoms with Gasteiger partial charge in [0, 0.05) is 23.6 Å². The second kappa shape index (κ2) is 2.80. The van der Waals surface area contributed by atoms with Crippen LogP contribution in [-0.2, 0) is 0 Å². The highest BCUT2D eigenvalue weighted by atomic mass is 31.1. The van der Waals surface area contributed by atoms with Crippen molar-refractivity contribution in [2.75, 3.05) is 6.66 Å². The van der Waals surface area contributed by atoms with Crippen molar-refractivity contribution in [3.05, 3.63) is 11.8 Å². The summed E-state index contributed by atoms with van der Waals surface area (Å²) in [5.41, 5.74) is 2.24. The number of terminal acetylenes is 1. The van der Waals surface area contributed by atoms with Crippen LogP contribution in [0.2, 0.25) is 0 Å². The Kier molecular flexibility index (Phi) is 2.03. The Balaban J connectivity index is 2.55. The van der Waals surface area contributed by atoms with Gasteiger partial charge in [0.05, 0.1) is 0 Å². The molecule has 1 rings (SSSR count). The molecule has 0 aromatic rings. The Morgan fingerprint density at radius 2 is 2.67 bits per heavy atom. The van der Waals surface area contributed by atoms with E-state index in [1.54, 1.807) is 6.20 Å². The van der Waals surface area contributed by atoms with Crippen LogP contribution in [0.1, 0.15) is 6.42 Å². The van der Waals surface area contributed by atoms with Gasteiger partial charge in [-0.3, -0.25) is 4.99 Å². The molecule has 1 nitrogen and oxygen atoms in total. The quantitative estimate of drug-likeness (QED) is 0.384. The molecule has 0 radical (unpaired) electrons. The number of rotatable bonds is 1. The third kappa shape index (κ3) is 1.40. The molecule has 0 saturated carbocycles. The number of hydrogen-bond donors (Lipinski definition) is 0. The Morgan fingerprint density at radius 1 is 1.89 bits per heavy atom. The fourth-order valence-electron chi connectivity index (χ4n) is 0.669. The van der Waals surface area contributed by atoms with E-state index in [2.05, 4.69) is 17.6 Å². The average Bonchev–Trinajstić information content (AvgIpc) is 2.34. The molecule has 0 aromatic carbocycles. The van der Waals surface area contributed by atoms with Gasteiger partial charge in [-0.2, -0.15) is 0 Å². The van der Waals surface area contributed by atoms with Crippen molar-refractivity contribution in [3.63, 3.8) is 0 Å². The van der Waals surface area contributed by atoms with Crippen molar-refractivity contribution >= 4 is 14.0 Å². The lowest BCUT2D eigenvalue weighted by atomic mass is 10.2. The van der Waals surface area contributed by atoms with Gasteiger partial charge >= 0.3 is 0 Å². The van der Waals surface area contributed by atoms with E-state index in [9.17, 15) is 0 Å². The SMILES string of the molecule is C#CC1=CN=C(PC)C1. The molecule has 1 aliphatic heterocycles. The third-order valence-corrected chi connectivity index (χ3v) is 2.09. The first-order chi connectivity index (χ1) is 4.36. The van der Waals surface area contributed by atoms with Gasteiger partial charge in [0.25, 0.3) is 0 Å². The summed E-state index contributed by atoms with van der Waals surface area (Å²) in [7, 11) is 0.803. The Hall–Kier alpha value is -0.600. The normalized spacial score (nSPS) is 17.8. The van der Waals surface area contributed by atoms with Crippen molar-refractivity contribution in [2.45, 2.75) is 6.42 Å². The number of hydrogen-bond acceptors (Lipinski definition) is 1. The van der Waals surface area contributed by atoms with E-state index in [4.69, 9.17) is 6.42 Å². The maximum absolute atomic E-state index is 5.16. The molecule has 1 aliphatic rings. The molecule has 0 saturated heterocycles. The number of nitrogens with zero attached hydrogens (tertiary/aromatic N) is 1. The molecule has 0 N–H and O–H groups in total. The van der Waals surface area contributed by atoms with E-state index in [1.165, 1.54) is 5.45 Å². The zero-order valence-corrected chi connectivity index (χ0v) is 6.31. The van der Waals surface area contributed by atoms with Crippen LogP contribution >= 0.6 is 8.58 Å². The standard InChI is InChI=1S/C7H8NP/c1-3-6-4-7(9-2)8-5-6/h1,5,9H,4H2,2H3. The van der Waals surface area contributed by atoms with Crippen LogP contribution in [0.15, 0.2) is 16.8 Å². The molecule has 2 heteroatoms. The zero-order chi connectivity index (χ0) is 6.69. The van der Waals surface area contributed by atoms with Gasteiger partial charge in [0.15, 0.2) is 0 Å². The first kappa shape index (κ1) is 6.52. The molecular weight excluding hydrogens is 129 g/mol. The molecule has 1 unspecified atom stereocenters. The molecule has 1 heterocycles. The minimum absolute atomic E-state index is 0.803. The van der Waals surface area contributed by atoms with Crippen LogP contribution in [0.25, 0.3) is 0 Å². The Labute approximate surface area is 57.0 Å². The number of aliphatic imine (C=N–C) groups is 1. The summed E-state index contributed by atoms with van der Waals surface area (Å²) in [4.78, 5) is 4.13. The molecular formula is C7H8NP.